The maximum absolute atomic E-state index is 13.0. The quantitative estimate of drug-likeness (QED) is 0.680. The molecule has 0 aliphatic carbocycles. The van der Waals surface area contributed by atoms with Crippen LogP contribution in [0.5, 0.6) is 0 Å². The zero-order chi connectivity index (χ0) is 10.3. The highest BCUT2D eigenvalue weighted by molar-refractivity contribution is 5.85. The van der Waals surface area contributed by atoms with Crippen molar-refractivity contribution in [3.05, 3.63) is 45.6 Å². The zero-order valence-electron chi connectivity index (χ0n) is 8.02. The largest absolute Gasteiger partial charge is 0.326 e. The Morgan fingerprint density at radius 3 is 2.57 bits per heavy atom. The smallest absolute Gasteiger partial charge is 0.256 e. The number of halogens is 1. The Kier molecular flexibility index (Phi) is 1.88. The summed E-state index contributed by atoms with van der Waals surface area (Å²) < 4.78 is 13.0. The van der Waals surface area contributed by atoms with Crippen molar-refractivity contribution in [3.63, 3.8) is 0 Å². The Morgan fingerprint density at radius 1 is 1.14 bits per heavy atom. The third-order valence-electron chi connectivity index (χ3n) is 2.27. The number of aromatic nitrogens is 1. The highest BCUT2D eigenvalue weighted by Crippen LogP contribution is 2.17. The van der Waals surface area contributed by atoms with Gasteiger partial charge in [-0.3, -0.25) is 4.79 Å². The number of hydrogen-bond acceptors (Lipinski definition) is 1. The van der Waals surface area contributed by atoms with Crippen molar-refractivity contribution in [1.29, 1.82) is 0 Å². The van der Waals surface area contributed by atoms with Crippen molar-refractivity contribution in [2.24, 2.45) is 0 Å². The van der Waals surface area contributed by atoms with Crippen LogP contribution in [-0.2, 0) is 0 Å². The van der Waals surface area contributed by atoms with Crippen LogP contribution in [-0.4, -0.2) is 4.98 Å². The molecule has 3 heteroatoms. The number of nitrogens with one attached hydrogen (secondary N) is 1. The summed E-state index contributed by atoms with van der Waals surface area (Å²) >= 11 is 0. The summed E-state index contributed by atoms with van der Waals surface area (Å²) in [5.41, 5.74) is 1.34. The Balaban J connectivity index is 3.02. The van der Waals surface area contributed by atoms with Crippen LogP contribution in [0.3, 0.4) is 0 Å². The van der Waals surface area contributed by atoms with Gasteiger partial charge in [-0.25, -0.2) is 4.39 Å². The average molecular weight is 191 g/mol. The van der Waals surface area contributed by atoms with E-state index in [4.69, 9.17) is 0 Å². The molecule has 1 aromatic carbocycles. The maximum atomic E-state index is 13.0. The van der Waals surface area contributed by atoms with E-state index in [1.165, 1.54) is 12.1 Å². The molecule has 14 heavy (non-hydrogen) atoms. The monoisotopic (exact) mass is 191 g/mol. The van der Waals surface area contributed by atoms with E-state index in [1.54, 1.807) is 6.92 Å². The second-order valence-electron chi connectivity index (χ2n) is 3.47. The third kappa shape index (κ3) is 1.31. The van der Waals surface area contributed by atoms with Crippen LogP contribution in [0.2, 0.25) is 0 Å². The van der Waals surface area contributed by atoms with Crippen LogP contribution in [0.15, 0.2) is 23.0 Å². The molecule has 0 spiro atoms. The molecule has 0 saturated carbocycles. The van der Waals surface area contributed by atoms with Crippen molar-refractivity contribution in [1.82, 2.24) is 4.98 Å². The molecule has 0 amide bonds. The van der Waals surface area contributed by atoms with Gasteiger partial charge in [0, 0.05) is 5.69 Å². The van der Waals surface area contributed by atoms with Gasteiger partial charge in [0.25, 0.3) is 5.56 Å². The molecule has 2 nitrogen and oxygen atoms in total. The van der Waals surface area contributed by atoms with Crippen molar-refractivity contribution in [2.75, 3.05) is 0 Å². The normalized spacial score (nSPS) is 10.8. The molecule has 0 fully saturated rings. The Labute approximate surface area is 80.4 Å². The van der Waals surface area contributed by atoms with E-state index in [0.717, 1.165) is 16.6 Å². The molecule has 2 aromatic rings. The lowest BCUT2D eigenvalue weighted by Crippen LogP contribution is -2.08. The molecule has 72 valence electrons. The van der Waals surface area contributed by atoms with Crippen molar-refractivity contribution < 1.29 is 4.39 Å². The van der Waals surface area contributed by atoms with E-state index < -0.39 is 0 Å². The molecule has 0 saturated heterocycles. The molecule has 1 heterocycles. The highest BCUT2D eigenvalue weighted by atomic mass is 19.1. The number of H-pyrrole nitrogens is 1. The molecule has 0 radical (unpaired) electrons. The van der Waals surface area contributed by atoms with Crippen LogP contribution >= 0.6 is 0 Å². The van der Waals surface area contributed by atoms with Gasteiger partial charge in [0.05, 0.1) is 5.39 Å². The minimum atomic E-state index is -0.371. The zero-order valence-corrected chi connectivity index (χ0v) is 8.02. The molecule has 0 unspecified atom stereocenters. The molecule has 1 N–H and O–H groups in total. The van der Waals surface area contributed by atoms with E-state index in [9.17, 15) is 9.18 Å². The summed E-state index contributed by atoms with van der Waals surface area (Å²) in [5.74, 6) is -0.371. The standard InChI is InChI=1S/C11H10FNO/c1-6-3-8(12)5-10-9(6)4-7(2)13-11(10)14/h3-5H,1-2H3,(H,13,14). The van der Waals surface area contributed by atoms with Crippen LogP contribution in [0.1, 0.15) is 11.3 Å². The van der Waals surface area contributed by atoms with E-state index >= 15 is 0 Å². The first kappa shape index (κ1) is 8.94. The molecule has 0 bridgehead atoms. The fourth-order valence-corrected chi connectivity index (χ4v) is 1.63. The predicted molar refractivity (Wildman–Crippen MR) is 54.0 cm³/mol. The van der Waals surface area contributed by atoms with Gasteiger partial charge < -0.3 is 4.98 Å². The van der Waals surface area contributed by atoms with Crippen LogP contribution < -0.4 is 5.56 Å². The minimum absolute atomic E-state index is 0.234. The van der Waals surface area contributed by atoms with Crippen LogP contribution in [0.25, 0.3) is 10.8 Å². The molecule has 0 aliphatic heterocycles. The molecular weight excluding hydrogens is 181 g/mol. The van der Waals surface area contributed by atoms with E-state index in [0.29, 0.717) is 5.39 Å². The summed E-state index contributed by atoms with van der Waals surface area (Å²) in [5, 5.41) is 1.22. The maximum Gasteiger partial charge on any atom is 0.256 e. The second-order valence-corrected chi connectivity index (χ2v) is 3.47. The van der Waals surface area contributed by atoms with Gasteiger partial charge in [-0.1, -0.05) is 0 Å². The highest BCUT2D eigenvalue weighted by Gasteiger charge is 2.04. The Bertz CT molecular complexity index is 557. The molecule has 2 rings (SSSR count). The van der Waals surface area contributed by atoms with Gasteiger partial charge in [0.2, 0.25) is 0 Å². The number of hydrogen-bond donors (Lipinski definition) is 1. The number of aromatic amines is 1. The molecule has 0 atom stereocenters. The van der Waals surface area contributed by atoms with Crippen molar-refractivity contribution >= 4 is 10.8 Å². The summed E-state index contributed by atoms with van der Waals surface area (Å²) in [6, 6.07) is 4.55. The van der Waals surface area contributed by atoms with Crippen molar-refractivity contribution in [3.8, 4) is 0 Å². The topological polar surface area (TPSA) is 32.9 Å². The number of benzene rings is 1. The molecular formula is C11H10FNO. The first-order valence-electron chi connectivity index (χ1n) is 4.38. The van der Waals surface area contributed by atoms with Crippen LogP contribution in [0.4, 0.5) is 4.39 Å². The lowest BCUT2D eigenvalue weighted by molar-refractivity contribution is 0.628. The SMILES string of the molecule is Cc1cc2c(C)cc(F)cc2c(=O)[nH]1. The van der Waals surface area contributed by atoms with Gasteiger partial charge in [-0.2, -0.15) is 0 Å². The van der Waals surface area contributed by atoms with Gasteiger partial charge in [-0.15, -0.1) is 0 Å². The second kappa shape index (κ2) is 2.94. The van der Waals surface area contributed by atoms with Crippen molar-refractivity contribution in [2.45, 2.75) is 13.8 Å². The lowest BCUT2D eigenvalue weighted by Gasteiger charge is -2.02. The Morgan fingerprint density at radius 2 is 1.86 bits per heavy atom. The average Bonchev–Trinajstić information content (AvgIpc) is 2.07. The van der Waals surface area contributed by atoms with Gasteiger partial charge in [0.15, 0.2) is 0 Å². The van der Waals surface area contributed by atoms with Gasteiger partial charge in [-0.05, 0) is 43.0 Å². The first-order valence-corrected chi connectivity index (χ1v) is 4.38. The minimum Gasteiger partial charge on any atom is -0.326 e. The first-order chi connectivity index (χ1) is 6.58. The predicted octanol–water partition coefficient (Wildman–Crippen LogP) is 2.28. The van der Waals surface area contributed by atoms with E-state index in [-0.39, 0.29) is 11.4 Å². The lowest BCUT2D eigenvalue weighted by atomic mass is 10.1. The molecule has 1 aromatic heterocycles. The number of rotatable bonds is 0. The summed E-state index contributed by atoms with van der Waals surface area (Å²) in [6.07, 6.45) is 0. The number of fused-ring (bicyclic) bond motifs is 1. The third-order valence-corrected chi connectivity index (χ3v) is 2.27. The van der Waals surface area contributed by atoms with Gasteiger partial charge in [0.1, 0.15) is 5.82 Å². The fourth-order valence-electron chi connectivity index (χ4n) is 1.63. The summed E-state index contributed by atoms with van der Waals surface area (Å²) in [4.78, 5) is 14.1. The van der Waals surface area contributed by atoms with E-state index in [1.807, 2.05) is 13.0 Å². The van der Waals surface area contributed by atoms with Gasteiger partial charge >= 0.3 is 0 Å². The fraction of sp³-hybridized carbons (Fsp3) is 0.182. The Hall–Kier alpha value is -1.64. The summed E-state index contributed by atoms with van der Waals surface area (Å²) in [7, 11) is 0. The number of pyridine rings is 1. The molecule has 0 aliphatic rings. The van der Waals surface area contributed by atoms with Crippen LogP contribution in [0, 0.1) is 19.7 Å². The van der Waals surface area contributed by atoms with E-state index in [2.05, 4.69) is 4.98 Å². The number of aryl methyl sites for hydroxylation is 2. The summed E-state index contributed by atoms with van der Waals surface area (Å²) in [6.45, 7) is 3.61.